The van der Waals surface area contributed by atoms with Gasteiger partial charge in [0, 0.05) is 5.92 Å². The van der Waals surface area contributed by atoms with Gasteiger partial charge in [-0.15, -0.1) is 0 Å². The van der Waals surface area contributed by atoms with Crippen LogP contribution in [0.1, 0.15) is 79.1 Å². The first-order valence-electron chi connectivity index (χ1n) is 20.5. The molecular formula is C39H64O15. The van der Waals surface area contributed by atoms with E-state index in [1.54, 1.807) is 0 Å². The third-order valence-corrected chi connectivity index (χ3v) is 16.2. The largest absolute Gasteiger partial charge is 0.394 e. The summed E-state index contributed by atoms with van der Waals surface area (Å²) in [6.07, 6.45) is -10.5. The van der Waals surface area contributed by atoms with Gasteiger partial charge < -0.3 is 74.4 Å². The molecule has 0 aromatic carbocycles. The van der Waals surface area contributed by atoms with Crippen molar-refractivity contribution in [1.29, 1.82) is 0 Å². The van der Waals surface area contributed by atoms with Crippen molar-refractivity contribution in [3.05, 3.63) is 0 Å². The Balaban J connectivity index is 1.05. The maximum atomic E-state index is 11.3. The van der Waals surface area contributed by atoms with Gasteiger partial charge in [-0.05, 0) is 97.7 Å². The molecule has 4 aliphatic heterocycles. The van der Waals surface area contributed by atoms with Gasteiger partial charge in [0.25, 0.3) is 0 Å². The van der Waals surface area contributed by atoms with Gasteiger partial charge in [-0.1, -0.05) is 27.7 Å². The lowest BCUT2D eigenvalue weighted by molar-refractivity contribution is -0.356. The highest BCUT2D eigenvalue weighted by Crippen LogP contribution is 2.71. The van der Waals surface area contributed by atoms with Gasteiger partial charge in [-0.2, -0.15) is 0 Å². The van der Waals surface area contributed by atoms with Crippen LogP contribution in [0.2, 0.25) is 0 Å². The van der Waals surface area contributed by atoms with E-state index in [-0.39, 0.29) is 40.6 Å². The molecule has 24 atom stereocenters. The molecule has 0 aromatic heterocycles. The van der Waals surface area contributed by atoms with E-state index < -0.39 is 98.7 Å². The van der Waals surface area contributed by atoms with Crippen LogP contribution in [0.3, 0.4) is 0 Å². The summed E-state index contributed by atoms with van der Waals surface area (Å²) in [5.41, 5.74) is -0.234. The zero-order valence-electron chi connectivity index (χ0n) is 31.9. The second-order valence-corrected chi connectivity index (χ2v) is 18.9. The summed E-state index contributed by atoms with van der Waals surface area (Å²) in [5.74, 6) is 0.659. The minimum atomic E-state index is -1.64. The van der Waals surface area contributed by atoms with Crippen molar-refractivity contribution in [2.75, 3.05) is 19.8 Å². The summed E-state index contributed by atoms with van der Waals surface area (Å²) >= 11 is 0. The summed E-state index contributed by atoms with van der Waals surface area (Å²) in [6.45, 7) is 8.41. The second-order valence-electron chi connectivity index (χ2n) is 18.9. The van der Waals surface area contributed by atoms with Crippen LogP contribution in [-0.4, -0.2) is 157 Å². The standard InChI is InChI=1S/C39H64O15/c1-16-11-26(42)39(49-15-16)17(2)27-23(54-39)12-21-18-5-6-20-34(53-36-33(48)31(46)29(44)25(14-41)52-36)22(8-10-37(20,3)19(18)7-9-38(21,27)4)50-35-32(47)30(45)28(43)24(13-40)51-35/h16-36,40-48H,5-15H2,1-4H3/t16-,17+,18-,19+,20+,21+,22+,23+,24-,25-,26+,27+,28-,29-,30+,31+,32-,33-,34+,35-,36+,37-,38+,39+/m1/s1. The van der Waals surface area contributed by atoms with Crippen LogP contribution in [0, 0.1) is 52.3 Å². The lowest BCUT2D eigenvalue weighted by Gasteiger charge is -2.63. The highest BCUT2D eigenvalue weighted by molar-refractivity contribution is 5.17. The van der Waals surface area contributed by atoms with Gasteiger partial charge in [0.2, 0.25) is 0 Å². The van der Waals surface area contributed by atoms with Crippen molar-refractivity contribution in [1.82, 2.24) is 0 Å². The Labute approximate surface area is 316 Å². The predicted octanol–water partition coefficient (Wildman–Crippen LogP) is -0.616. The van der Waals surface area contributed by atoms with Crippen LogP contribution < -0.4 is 0 Å². The fourth-order valence-corrected chi connectivity index (χ4v) is 13.5. The monoisotopic (exact) mass is 772 g/mol. The minimum Gasteiger partial charge on any atom is -0.394 e. The fraction of sp³-hybridized carbons (Fsp3) is 1.00. The van der Waals surface area contributed by atoms with Crippen molar-refractivity contribution in [3.63, 3.8) is 0 Å². The van der Waals surface area contributed by atoms with E-state index in [2.05, 4.69) is 27.7 Å². The molecule has 15 heteroatoms. The summed E-state index contributed by atoms with van der Waals surface area (Å²) in [7, 11) is 0. The summed E-state index contributed by atoms with van der Waals surface area (Å²) < 4.78 is 37.9. The van der Waals surface area contributed by atoms with Crippen molar-refractivity contribution in [3.8, 4) is 0 Å². The highest BCUT2D eigenvalue weighted by Gasteiger charge is 2.71. The number of rotatable bonds is 6. The molecule has 0 bridgehead atoms. The molecular weight excluding hydrogens is 708 g/mol. The van der Waals surface area contributed by atoms with Crippen LogP contribution in [0.15, 0.2) is 0 Å². The second kappa shape index (κ2) is 14.6. The summed E-state index contributed by atoms with van der Waals surface area (Å²) in [6, 6.07) is 0. The first-order chi connectivity index (χ1) is 25.6. The Morgan fingerprint density at radius 1 is 0.648 bits per heavy atom. The van der Waals surface area contributed by atoms with Crippen LogP contribution >= 0.6 is 0 Å². The average molecular weight is 773 g/mol. The third kappa shape index (κ3) is 6.01. The van der Waals surface area contributed by atoms with Gasteiger partial charge >= 0.3 is 0 Å². The first kappa shape index (κ1) is 40.2. The Kier molecular flexibility index (Phi) is 10.9. The van der Waals surface area contributed by atoms with Crippen molar-refractivity contribution in [2.45, 2.75) is 171 Å². The Hall–Kier alpha value is -0.600. The third-order valence-electron chi connectivity index (χ3n) is 16.2. The van der Waals surface area contributed by atoms with E-state index >= 15 is 0 Å². The molecule has 15 nitrogen and oxygen atoms in total. The van der Waals surface area contributed by atoms with E-state index in [9.17, 15) is 46.0 Å². The molecule has 54 heavy (non-hydrogen) atoms. The topological polar surface area (TPSA) is 237 Å². The van der Waals surface area contributed by atoms with E-state index in [1.807, 2.05) is 0 Å². The first-order valence-corrected chi connectivity index (χ1v) is 20.5. The number of ether oxygens (including phenoxy) is 6. The van der Waals surface area contributed by atoms with Crippen molar-refractivity contribution < 1.29 is 74.4 Å². The van der Waals surface area contributed by atoms with Crippen LogP contribution in [0.25, 0.3) is 0 Å². The molecule has 4 heterocycles. The molecule has 9 N–H and O–H groups in total. The molecule has 8 aliphatic rings. The quantitative estimate of drug-likeness (QED) is 0.153. The predicted molar refractivity (Wildman–Crippen MR) is 186 cm³/mol. The van der Waals surface area contributed by atoms with E-state index in [0.29, 0.717) is 37.2 Å². The molecule has 0 amide bonds. The zero-order chi connectivity index (χ0) is 38.6. The van der Waals surface area contributed by atoms with Gasteiger partial charge in [-0.3, -0.25) is 0 Å². The van der Waals surface area contributed by atoms with Gasteiger partial charge in [0.15, 0.2) is 18.4 Å². The maximum Gasteiger partial charge on any atom is 0.197 e. The van der Waals surface area contributed by atoms with E-state index in [4.69, 9.17) is 28.4 Å². The Morgan fingerprint density at radius 2 is 1.26 bits per heavy atom. The molecule has 1 spiro atoms. The molecule has 0 aromatic rings. The molecule has 8 rings (SSSR count). The molecule has 0 radical (unpaired) electrons. The summed E-state index contributed by atoms with van der Waals surface area (Å²) in [4.78, 5) is 0. The lowest BCUT2D eigenvalue weighted by Crippen LogP contribution is -2.65. The van der Waals surface area contributed by atoms with E-state index in [1.165, 1.54) is 0 Å². The van der Waals surface area contributed by atoms with Crippen LogP contribution in [0.5, 0.6) is 0 Å². The summed E-state index contributed by atoms with van der Waals surface area (Å²) in [5, 5.41) is 95.1. The smallest absolute Gasteiger partial charge is 0.197 e. The van der Waals surface area contributed by atoms with Crippen molar-refractivity contribution in [2.24, 2.45) is 52.3 Å². The SMILES string of the molecule is C[C@H]1CO[C@@]2(O[C@H]3C[C@H]4[C@@H]5CC[C@H]6[C@H](O[C@@H]7O[C@H](CO)[C@@H](O)[C@H](O)[C@H]7O)[C@@H](O[C@@H]7O[C@H](CO)[C@@H](O)[C@H](O)[C@H]7O)CC[C@]6(C)[C@H]5CC[C@]4(C)[C@H]3[C@@H]2C)[C@@H](O)C1. The molecule has 310 valence electrons. The zero-order valence-corrected chi connectivity index (χ0v) is 31.9. The molecule has 8 fully saturated rings. The number of hydrogen-bond donors (Lipinski definition) is 9. The number of fused-ring (bicyclic) bond motifs is 7. The maximum absolute atomic E-state index is 11.3. The molecule has 0 unspecified atom stereocenters. The van der Waals surface area contributed by atoms with Gasteiger partial charge in [0.05, 0.1) is 38.1 Å². The van der Waals surface area contributed by atoms with Crippen molar-refractivity contribution >= 4 is 0 Å². The average Bonchev–Trinajstić information content (AvgIpc) is 3.61. The number of aliphatic hydroxyl groups excluding tert-OH is 9. The molecule has 4 saturated carbocycles. The normalized spacial score (nSPS) is 60.1. The fourth-order valence-electron chi connectivity index (χ4n) is 13.5. The number of hydrogen-bond acceptors (Lipinski definition) is 15. The molecule has 4 aliphatic carbocycles. The lowest BCUT2D eigenvalue weighted by atomic mass is 9.44. The van der Waals surface area contributed by atoms with E-state index in [0.717, 1.165) is 38.5 Å². The highest BCUT2D eigenvalue weighted by atomic mass is 16.7. The minimum absolute atomic E-state index is 0.00674. The van der Waals surface area contributed by atoms with Gasteiger partial charge in [-0.25, -0.2) is 0 Å². The van der Waals surface area contributed by atoms with Gasteiger partial charge in [0.1, 0.15) is 54.9 Å². The number of aliphatic hydroxyl groups is 9. The molecule has 4 saturated heterocycles. The van der Waals surface area contributed by atoms with Crippen LogP contribution in [0.4, 0.5) is 0 Å². The Morgan fingerprint density at radius 3 is 1.87 bits per heavy atom. The Bertz CT molecular complexity index is 1340. The van der Waals surface area contributed by atoms with Crippen LogP contribution in [-0.2, 0) is 28.4 Å².